The third kappa shape index (κ3) is 4.24. The highest BCUT2D eigenvalue weighted by molar-refractivity contribution is 7.69. The Bertz CT molecular complexity index is 67.7. The standard InChI is InChI=1S/CH4N2P2/c2-3-1(4)5/h4-5H2. The van der Waals surface area contributed by atoms with Gasteiger partial charge in [0.2, 0.25) is 0 Å². The first-order valence-corrected chi connectivity index (χ1v) is 2.16. The first kappa shape index (κ1) is 5.24. The fraction of sp³-hybridized carbons (Fsp3) is 0. The van der Waals surface area contributed by atoms with Crippen LogP contribution in [0, 0.1) is 0 Å². The summed E-state index contributed by atoms with van der Waals surface area (Å²) in [5.74, 6) is 0. The van der Waals surface area contributed by atoms with E-state index in [0.29, 0.717) is 5.19 Å². The molecule has 0 fully saturated rings. The summed E-state index contributed by atoms with van der Waals surface area (Å²) in [6.07, 6.45) is 0. The highest BCUT2D eigenvalue weighted by Crippen LogP contribution is 1.90. The molecule has 28 valence electrons. The molecule has 0 N–H and O–H groups in total. The van der Waals surface area contributed by atoms with Gasteiger partial charge in [-0.25, -0.2) is 0 Å². The average Bonchev–Trinajstić information content (AvgIpc) is 1.38. The van der Waals surface area contributed by atoms with Crippen molar-refractivity contribution in [2.75, 3.05) is 0 Å². The minimum Gasteiger partial charge on any atom is -0.361 e. The normalized spacial score (nSPS) is 6.00. The Labute approximate surface area is 35.0 Å². The molecule has 0 radical (unpaired) electrons. The molecule has 0 aromatic heterocycles. The summed E-state index contributed by atoms with van der Waals surface area (Å²) in [6, 6.07) is 0. The average molecular weight is 106 g/mol. The van der Waals surface area contributed by atoms with Gasteiger partial charge in [-0.15, -0.1) is 0 Å². The molecule has 0 saturated carbocycles. The second-order valence-electron chi connectivity index (χ2n) is 0.525. The topological polar surface area (TPSA) is 36.4 Å². The van der Waals surface area contributed by atoms with Crippen LogP contribution in [-0.4, -0.2) is 9.98 Å². The maximum Gasteiger partial charge on any atom is 0.293 e. The molecule has 0 saturated heterocycles. The third-order valence-electron chi connectivity index (χ3n) is 0.115. The Kier molecular flexibility index (Phi) is 2.59. The zero-order valence-electron chi connectivity index (χ0n) is 2.55. The van der Waals surface area contributed by atoms with Crippen molar-refractivity contribution in [2.24, 2.45) is 0 Å². The molecule has 0 spiro atoms. The number of nitrogens with zero attached hydrogens (tertiary/aromatic N) is 2. The molecule has 0 bridgehead atoms. The Morgan fingerprint density at radius 2 is 1.80 bits per heavy atom. The lowest BCUT2D eigenvalue weighted by molar-refractivity contribution is 0.00534. The smallest absolute Gasteiger partial charge is 0.293 e. The minimum atomic E-state index is 0.519. The Balaban J connectivity index is 3.60. The third-order valence-corrected chi connectivity index (χ3v) is 0.346. The molecule has 4 heteroatoms. The van der Waals surface area contributed by atoms with Crippen molar-refractivity contribution >= 4 is 23.7 Å². The molecule has 0 heterocycles. The highest BCUT2D eigenvalue weighted by Gasteiger charge is 1.74. The molecule has 5 heavy (non-hydrogen) atoms. The molecule has 2 unspecified atom stereocenters. The van der Waals surface area contributed by atoms with Crippen LogP contribution >= 0.6 is 18.5 Å². The second-order valence-corrected chi connectivity index (χ2v) is 2.37. The van der Waals surface area contributed by atoms with Gasteiger partial charge in [-0.2, -0.15) is 4.79 Å². The van der Waals surface area contributed by atoms with E-state index in [4.69, 9.17) is 5.53 Å². The van der Waals surface area contributed by atoms with Crippen molar-refractivity contribution in [1.29, 1.82) is 0 Å². The summed E-state index contributed by atoms with van der Waals surface area (Å²) in [4.78, 5) is 2.73. The van der Waals surface area contributed by atoms with E-state index in [-0.39, 0.29) is 0 Å². The lowest BCUT2D eigenvalue weighted by atomic mass is 11.7. The predicted octanol–water partition coefficient (Wildman–Crippen LogP) is 0.322. The maximum absolute atomic E-state index is 7.69. The SMILES string of the molecule is [N-]=[N+]=C(P)P. The van der Waals surface area contributed by atoms with E-state index in [0.717, 1.165) is 0 Å². The molecule has 0 aliphatic rings. The molecule has 2 atom stereocenters. The first-order valence-electron chi connectivity index (χ1n) is 1.00. The van der Waals surface area contributed by atoms with Crippen molar-refractivity contribution < 1.29 is 4.79 Å². The van der Waals surface area contributed by atoms with Crippen molar-refractivity contribution in [3.05, 3.63) is 5.53 Å². The van der Waals surface area contributed by atoms with E-state index in [1.54, 1.807) is 0 Å². The van der Waals surface area contributed by atoms with E-state index in [9.17, 15) is 0 Å². The Morgan fingerprint density at radius 1 is 1.60 bits per heavy atom. The lowest BCUT2D eigenvalue weighted by Gasteiger charge is -1.54. The summed E-state index contributed by atoms with van der Waals surface area (Å²) in [5, 5.41) is 0.519. The van der Waals surface area contributed by atoms with Gasteiger partial charge < -0.3 is 5.53 Å². The zero-order chi connectivity index (χ0) is 4.28. The minimum absolute atomic E-state index is 0.519. The van der Waals surface area contributed by atoms with Gasteiger partial charge in [-0.3, -0.25) is 0 Å². The van der Waals surface area contributed by atoms with Gasteiger partial charge in [-0.1, -0.05) is 0 Å². The van der Waals surface area contributed by atoms with Crippen LogP contribution in [0.4, 0.5) is 0 Å². The van der Waals surface area contributed by atoms with Crippen molar-refractivity contribution in [3.8, 4) is 0 Å². The van der Waals surface area contributed by atoms with Crippen LogP contribution in [0.3, 0.4) is 0 Å². The summed E-state index contributed by atoms with van der Waals surface area (Å²) < 4.78 is 0. The molecule has 0 aromatic carbocycles. The monoisotopic (exact) mass is 106 g/mol. The van der Waals surface area contributed by atoms with Gasteiger partial charge in [-0.05, 0) is 18.5 Å². The molecule has 0 aromatic rings. The molecule has 0 aliphatic carbocycles. The molecular weight excluding hydrogens is 102 g/mol. The van der Waals surface area contributed by atoms with Gasteiger partial charge in [0.1, 0.15) is 0 Å². The van der Waals surface area contributed by atoms with E-state index in [1.165, 1.54) is 0 Å². The van der Waals surface area contributed by atoms with Crippen molar-refractivity contribution in [1.82, 2.24) is 0 Å². The van der Waals surface area contributed by atoms with Crippen LogP contribution in [0.25, 0.3) is 5.53 Å². The molecular formula is CH4N2P2. The van der Waals surface area contributed by atoms with Crippen LogP contribution < -0.4 is 0 Å². The number of hydrogen-bond donors (Lipinski definition) is 0. The number of rotatable bonds is 0. The highest BCUT2D eigenvalue weighted by atomic mass is 31.1. The van der Waals surface area contributed by atoms with E-state index in [1.807, 2.05) is 0 Å². The second kappa shape index (κ2) is 2.48. The number of hydrogen-bond acceptors (Lipinski definition) is 0. The van der Waals surface area contributed by atoms with Crippen LogP contribution in [0.5, 0.6) is 0 Å². The van der Waals surface area contributed by atoms with E-state index < -0.39 is 0 Å². The van der Waals surface area contributed by atoms with Crippen LogP contribution in [-0.2, 0) is 0 Å². The van der Waals surface area contributed by atoms with Crippen molar-refractivity contribution in [3.63, 3.8) is 0 Å². The van der Waals surface area contributed by atoms with Crippen molar-refractivity contribution in [2.45, 2.75) is 0 Å². The van der Waals surface area contributed by atoms with Gasteiger partial charge in [0.15, 0.2) is 0 Å². The summed E-state index contributed by atoms with van der Waals surface area (Å²) in [7, 11) is 4.39. The van der Waals surface area contributed by atoms with Gasteiger partial charge in [0, 0.05) is 0 Å². The molecule has 0 rings (SSSR count). The van der Waals surface area contributed by atoms with Gasteiger partial charge in [0.05, 0.1) is 0 Å². The quantitative estimate of drug-likeness (QED) is 0.184. The summed E-state index contributed by atoms with van der Waals surface area (Å²) >= 11 is 0. The summed E-state index contributed by atoms with van der Waals surface area (Å²) in [5.41, 5.74) is 7.69. The predicted molar refractivity (Wildman–Crippen MR) is 28.0 cm³/mol. The molecule has 2 nitrogen and oxygen atoms in total. The Morgan fingerprint density at radius 3 is 1.80 bits per heavy atom. The lowest BCUT2D eigenvalue weighted by Crippen LogP contribution is -1.60. The fourth-order valence-electron chi connectivity index (χ4n) is 0. The maximum atomic E-state index is 7.69. The zero-order valence-corrected chi connectivity index (χ0v) is 4.86. The fourth-order valence-corrected chi connectivity index (χ4v) is 0. The van der Waals surface area contributed by atoms with E-state index >= 15 is 0 Å². The largest absolute Gasteiger partial charge is 0.361 e. The molecule has 0 aliphatic heterocycles. The van der Waals surface area contributed by atoms with Gasteiger partial charge in [0.25, 0.3) is 5.19 Å². The van der Waals surface area contributed by atoms with Gasteiger partial charge >= 0.3 is 0 Å². The first-order chi connectivity index (χ1) is 2.27. The van der Waals surface area contributed by atoms with Crippen LogP contribution in [0.2, 0.25) is 0 Å². The van der Waals surface area contributed by atoms with Crippen LogP contribution in [0.1, 0.15) is 0 Å². The molecule has 0 amide bonds. The van der Waals surface area contributed by atoms with Crippen LogP contribution in [0.15, 0.2) is 0 Å². The Hall–Kier alpha value is 0.240. The van der Waals surface area contributed by atoms with E-state index in [2.05, 4.69) is 23.3 Å². The summed E-state index contributed by atoms with van der Waals surface area (Å²) in [6.45, 7) is 0.